The number of nitrogens with two attached hydrogens (primary N) is 1. The highest BCUT2D eigenvalue weighted by Crippen LogP contribution is 2.30. The van der Waals surface area contributed by atoms with Crippen molar-refractivity contribution < 1.29 is 9.59 Å². The molecule has 1 heterocycles. The molecule has 0 atom stereocenters. The van der Waals surface area contributed by atoms with Gasteiger partial charge in [0.15, 0.2) is 0 Å². The number of fused-ring (bicyclic) bond motifs is 1. The minimum absolute atomic E-state index is 0. The van der Waals surface area contributed by atoms with Crippen LogP contribution in [0, 0.1) is 13.8 Å². The number of carbonyl (C=O) groups is 2. The highest BCUT2D eigenvalue weighted by atomic mass is 35.5. The Labute approximate surface area is 165 Å². The zero-order chi connectivity index (χ0) is 18.7. The lowest BCUT2D eigenvalue weighted by Gasteiger charge is -2.31. The van der Waals surface area contributed by atoms with Gasteiger partial charge in [0, 0.05) is 23.6 Å². The Morgan fingerprint density at radius 3 is 2.67 bits per heavy atom. The number of nitrogen functional groups attached to an aromatic ring is 1. The molecule has 7 heteroatoms. The summed E-state index contributed by atoms with van der Waals surface area (Å²) >= 11 is 0. The lowest BCUT2D eigenvalue weighted by molar-refractivity contribution is -0.118. The average molecular weight is 389 g/mol. The summed E-state index contributed by atoms with van der Waals surface area (Å²) in [6.45, 7) is 4.87. The third-order valence-corrected chi connectivity index (χ3v) is 4.74. The van der Waals surface area contributed by atoms with Gasteiger partial charge < -0.3 is 16.0 Å². The number of carbonyl (C=O) groups excluding carboxylic acids is 2. The first-order chi connectivity index (χ1) is 12.4. The maximum Gasteiger partial charge on any atom is 0.325 e. The Hall–Kier alpha value is -2.73. The summed E-state index contributed by atoms with van der Waals surface area (Å²) < 4.78 is 0. The number of halogens is 1. The van der Waals surface area contributed by atoms with E-state index in [0.29, 0.717) is 5.69 Å². The van der Waals surface area contributed by atoms with E-state index in [1.54, 1.807) is 0 Å². The van der Waals surface area contributed by atoms with Crippen LogP contribution in [-0.2, 0) is 11.2 Å². The second-order valence-electron chi connectivity index (χ2n) is 6.67. The van der Waals surface area contributed by atoms with Gasteiger partial charge in [-0.1, -0.05) is 12.1 Å². The standard InChI is InChI=1S/C20H24N4O2.ClH/c1-13-8-9-15(11-14(13)2)22-20(26)23-19(25)12-24-10-4-5-16-17(21)6-3-7-18(16)24;/h3,6-9,11H,4-5,10,12,21H2,1-2H3,(H2,22,23,25,26);1H. The van der Waals surface area contributed by atoms with Gasteiger partial charge in [-0.05, 0) is 67.6 Å². The summed E-state index contributed by atoms with van der Waals surface area (Å²) in [5.41, 5.74) is 11.7. The number of amides is 3. The fourth-order valence-electron chi connectivity index (χ4n) is 3.21. The number of benzene rings is 2. The van der Waals surface area contributed by atoms with Gasteiger partial charge in [-0.2, -0.15) is 0 Å². The molecule has 0 aromatic heterocycles. The first-order valence-electron chi connectivity index (χ1n) is 8.74. The van der Waals surface area contributed by atoms with E-state index in [1.165, 1.54) is 0 Å². The van der Waals surface area contributed by atoms with Crippen molar-refractivity contribution in [1.29, 1.82) is 0 Å². The van der Waals surface area contributed by atoms with Gasteiger partial charge in [-0.25, -0.2) is 4.79 Å². The lowest BCUT2D eigenvalue weighted by Crippen LogP contribution is -2.43. The van der Waals surface area contributed by atoms with Crippen LogP contribution in [-0.4, -0.2) is 25.0 Å². The molecule has 144 valence electrons. The summed E-state index contributed by atoms with van der Waals surface area (Å²) in [7, 11) is 0. The number of anilines is 3. The van der Waals surface area contributed by atoms with Crippen LogP contribution in [0.3, 0.4) is 0 Å². The Morgan fingerprint density at radius 2 is 1.93 bits per heavy atom. The molecular formula is C20H25ClN4O2. The number of aryl methyl sites for hydroxylation is 2. The Balaban J connectivity index is 0.00000261. The molecule has 0 saturated carbocycles. The van der Waals surface area contributed by atoms with E-state index >= 15 is 0 Å². The van der Waals surface area contributed by atoms with Crippen molar-refractivity contribution in [2.75, 3.05) is 29.0 Å². The number of nitrogens with one attached hydrogen (secondary N) is 2. The Morgan fingerprint density at radius 1 is 1.15 bits per heavy atom. The Bertz CT molecular complexity index is 854. The van der Waals surface area contributed by atoms with Crippen LogP contribution in [0.15, 0.2) is 36.4 Å². The van der Waals surface area contributed by atoms with Gasteiger partial charge in [-0.15, -0.1) is 12.4 Å². The number of hydrogen-bond acceptors (Lipinski definition) is 4. The van der Waals surface area contributed by atoms with Crippen LogP contribution in [0.4, 0.5) is 21.9 Å². The van der Waals surface area contributed by atoms with E-state index in [0.717, 1.165) is 47.5 Å². The van der Waals surface area contributed by atoms with Crippen LogP contribution in [0.1, 0.15) is 23.1 Å². The summed E-state index contributed by atoms with van der Waals surface area (Å²) in [6.07, 6.45) is 1.84. The van der Waals surface area contributed by atoms with Crippen molar-refractivity contribution in [2.24, 2.45) is 0 Å². The monoisotopic (exact) mass is 388 g/mol. The van der Waals surface area contributed by atoms with Crippen molar-refractivity contribution in [3.63, 3.8) is 0 Å². The van der Waals surface area contributed by atoms with Crippen LogP contribution >= 0.6 is 12.4 Å². The Kier molecular flexibility index (Phi) is 6.69. The van der Waals surface area contributed by atoms with E-state index in [4.69, 9.17) is 5.73 Å². The molecule has 0 spiro atoms. The predicted octanol–water partition coefficient (Wildman–Crippen LogP) is 3.41. The number of urea groups is 1. The molecule has 0 unspecified atom stereocenters. The fourth-order valence-corrected chi connectivity index (χ4v) is 3.21. The molecule has 3 amide bonds. The van der Waals surface area contributed by atoms with Gasteiger partial charge in [0.25, 0.3) is 0 Å². The molecule has 0 fully saturated rings. The molecule has 0 bridgehead atoms. The zero-order valence-electron chi connectivity index (χ0n) is 15.5. The first-order valence-corrected chi connectivity index (χ1v) is 8.74. The second kappa shape index (κ2) is 8.77. The molecular weight excluding hydrogens is 364 g/mol. The fraction of sp³-hybridized carbons (Fsp3) is 0.300. The van der Waals surface area contributed by atoms with Gasteiger partial charge in [0.05, 0.1) is 6.54 Å². The average Bonchev–Trinajstić information content (AvgIpc) is 2.59. The van der Waals surface area contributed by atoms with Gasteiger partial charge in [0.1, 0.15) is 0 Å². The molecule has 1 aliphatic rings. The predicted molar refractivity (Wildman–Crippen MR) is 112 cm³/mol. The minimum Gasteiger partial charge on any atom is -0.398 e. The molecule has 0 saturated heterocycles. The van der Waals surface area contributed by atoms with Crippen LogP contribution in [0.5, 0.6) is 0 Å². The summed E-state index contributed by atoms with van der Waals surface area (Å²) in [5.74, 6) is -0.346. The van der Waals surface area contributed by atoms with E-state index < -0.39 is 6.03 Å². The van der Waals surface area contributed by atoms with E-state index in [1.807, 2.05) is 55.1 Å². The smallest absolute Gasteiger partial charge is 0.325 e. The third kappa shape index (κ3) is 4.92. The number of hydrogen-bond donors (Lipinski definition) is 3. The molecule has 2 aromatic carbocycles. The molecule has 4 N–H and O–H groups in total. The van der Waals surface area contributed by atoms with E-state index in [2.05, 4.69) is 10.6 Å². The molecule has 0 aliphatic carbocycles. The van der Waals surface area contributed by atoms with Crippen LogP contribution in [0.2, 0.25) is 0 Å². The summed E-state index contributed by atoms with van der Waals surface area (Å²) in [5, 5.41) is 5.09. The maximum atomic E-state index is 12.3. The zero-order valence-corrected chi connectivity index (χ0v) is 16.4. The van der Waals surface area contributed by atoms with Crippen LogP contribution in [0.25, 0.3) is 0 Å². The first kappa shape index (κ1) is 20.6. The van der Waals surface area contributed by atoms with Crippen molar-refractivity contribution in [3.8, 4) is 0 Å². The van der Waals surface area contributed by atoms with Crippen molar-refractivity contribution in [2.45, 2.75) is 26.7 Å². The van der Waals surface area contributed by atoms with Crippen molar-refractivity contribution >= 4 is 41.4 Å². The van der Waals surface area contributed by atoms with E-state index in [9.17, 15) is 9.59 Å². The number of imide groups is 1. The van der Waals surface area contributed by atoms with Gasteiger partial charge in [0.2, 0.25) is 5.91 Å². The molecule has 1 aliphatic heterocycles. The molecule has 0 radical (unpaired) electrons. The van der Waals surface area contributed by atoms with Crippen molar-refractivity contribution in [3.05, 3.63) is 53.1 Å². The molecule has 27 heavy (non-hydrogen) atoms. The number of nitrogens with zero attached hydrogens (tertiary/aromatic N) is 1. The van der Waals surface area contributed by atoms with Crippen LogP contribution < -0.4 is 21.3 Å². The SMILES string of the molecule is Cc1ccc(NC(=O)NC(=O)CN2CCCc3c(N)cccc32)cc1C.Cl. The van der Waals surface area contributed by atoms with E-state index in [-0.39, 0.29) is 24.9 Å². The van der Waals surface area contributed by atoms with Gasteiger partial charge in [-0.3, -0.25) is 10.1 Å². The topological polar surface area (TPSA) is 87.5 Å². The number of rotatable bonds is 3. The molecule has 6 nitrogen and oxygen atoms in total. The lowest BCUT2D eigenvalue weighted by atomic mass is 10.00. The van der Waals surface area contributed by atoms with Gasteiger partial charge >= 0.3 is 6.03 Å². The third-order valence-electron chi connectivity index (χ3n) is 4.74. The highest BCUT2D eigenvalue weighted by Gasteiger charge is 2.21. The second-order valence-corrected chi connectivity index (χ2v) is 6.67. The highest BCUT2D eigenvalue weighted by molar-refractivity contribution is 6.02. The normalized spacial score (nSPS) is 12.6. The molecule has 3 rings (SSSR count). The quantitative estimate of drug-likeness (QED) is 0.703. The van der Waals surface area contributed by atoms with Crippen molar-refractivity contribution in [1.82, 2.24) is 5.32 Å². The maximum absolute atomic E-state index is 12.3. The summed E-state index contributed by atoms with van der Waals surface area (Å²) in [6, 6.07) is 10.8. The minimum atomic E-state index is -0.525. The molecule has 2 aromatic rings. The largest absolute Gasteiger partial charge is 0.398 e. The summed E-state index contributed by atoms with van der Waals surface area (Å²) in [4.78, 5) is 26.3.